The second-order valence-corrected chi connectivity index (χ2v) is 5.83. The van der Waals surface area contributed by atoms with Gasteiger partial charge in [-0.1, -0.05) is 19.8 Å². The van der Waals surface area contributed by atoms with Crippen LogP contribution in [0, 0.1) is 0 Å². The molecule has 0 radical (unpaired) electrons. The van der Waals surface area contributed by atoms with Gasteiger partial charge in [-0.25, -0.2) is 0 Å². The molecule has 0 aromatic rings. The van der Waals surface area contributed by atoms with Gasteiger partial charge in [-0.3, -0.25) is 4.90 Å². The van der Waals surface area contributed by atoms with E-state index in [4.69, 9.17) is 0 Å². The van der Waals surface area contributed by atoms with Crippen LogP contribution in [0.4, 0.5) is 0 Å². The molecule has 0 aromatic heterocycles. The monoisotopic (exact) mass is 240 g/mol. The summed E-state index contributed by atoms with van der Waals surface area (Å²) in [6, 6.07) is 1.07. The summed E-state index contributed by atoms with van der Waals surface area (Å²) in [6.45, 7) is 5.83. The van der Waals surface area contributed by atoms with Gasteiger partial charge < -0.3 is 10.0 Å². The molecule has 1 aliphatic carbocycles. The molecule has 0 aromatic carbocycles. The Morgan fingerprint density at radius 3 is 2.59 bits per heavy atom. The highest BCUT2D eigenvalue weighted by Crippen LogP contribution is 2.27. The van der Waals surface area contributed by atoms with Crippen LogP contribution >= 0.6 is 0 Å². The molecule has 0 amide bonds. The topological polar surface area (TPSA) is 26.7 Å². The van der Waals surface area contributed by atoms with Gasteiger partial charge in [0.25, 0.3) is 0 Å². The summed E-state index contributed by atoms with van der Waals surface area (Å²) in [4.78, 5) is 5.07. The van der Waals surface area contributed by atoms with Gasteiger partial charge in [0, 0.05) is 25.2 Å². The first-order chi connectivity index (χ1) is 8.22. The maximum absolute atomic E-state index is 10.2. The predicted molar refractivity (Wildman–Crippen MR) is 71.2 cm³/mol. The quantitative estimate of drug-likeness (QED) is 0.796. The summed E-state index contributed by atoms with van der Waals surface area (Å²) < 4.78 is 0. The Morgan fingerprint density at radius 2 is 1.88 bits per heavy atom. The van der Waals surface area contributed by atoms with Crippen molar-refractivity contribution >= 4 is 0 Å². The second kappa shape index (κ2) is 6.17. The average Bonchev–Trinajstić information content (AvgIpc) is 2.51. The molecule has 3 heteroatoms. The molecule has 17 heavy (non-hydrogen) atoms. The van der Waals surface area contributed by atoms with Crippen LogP contribution in [0.2, 0.25) is 0 Å². The zero-order chi connectivity index (χ0) is 12.3. The van der Waals surface area contributed by atoms with Crippen LogP contribution in [0.1, 0.15) is 45.4 Å². The first-order valence-corrected chi connectivity index (χ1v) is 7.34. The minimum absolute atomic E-state index is 0.0822. The summed E-state index contributed by atoms with van der Waals surface area (Å²) >= 11 is 0. The lowest BCUT2D eigenvalue weighted by molar-refractivity contribution is -0.00137. The third kappa shape index (κ3) is 3.21. The number of aliphatic hydroxyl groups is 1. The SMILES string of the molecule is CCC1CN(C)CCCN1[C@@H]1CCCC[C@H]1O. The Hall–Kier alpha value is -0.120. The zero-order valence-corrected chi connectivity index (χ0v) is 11.4. The molecular formula is C14H28N2O. The molecule has 2 rings (SSSR count). The van der Waals surface area contributed by atoms with Gasteiger partial charge in [-0.15, -0.1) is 0 Å². The predicted octanol–water partition coefficient (Wildman–Crippen LogP) is 1.71. The number of aliphatic hydroxyl groups excluding tert-OH is 1. The first kappa shape index (κ1) is 13.3. The van der Waals surface area contributed by atoms with Gasteiger partial charge in [0.05, 0.1) is 6.10 Å². The van der Waals surface area contributed by atoms with Gasteiger partial charge in [-0.05, 0) is 39.3 Å². The summed E-state index contributed by atoms with van der Waals surface area (Å²) in [6.07, 6.45) is 7.08. The van der Waals surface area contributed by atoms with E-state index in [9.17, 15) is 5.11 Å². The van der Waals surface area contributed by atoms with E-state index in [1.807, 2.05) is 0 Å². The Labute approximate surface area is 106 Å². The standard InChI is InChI=1S/C14H28N2O/c1-3-12-11-15(2)9-6-10-16(12)13-7-4-5-8-14(13)17/h12-14,17H,3-11H2,1-2H3/t12?,13-,14-/m1/s1. The number of rotatable bonds is 2. The normalized spacial score (nSPS) is 37.9. The molecular weight excluding hydrogens is 212 g/mol. The lowest BCUT2D eigenvalue weighted by Crippen LogP contribution is -2.51. The molecule has 1 unspecified atom stereocenters. The highest BCUT2D eigenvalue weighted by molar-refractivity contribution is 4.89. The van der Waals surface area contributed by atoms with Crippen molar-refractivity contribution in [2.45, 2.75) is 63.6 Å². The Bertz CT molecular complexity index is 234. The number of nitrogens with zero attached hydrogens (tertiary/aromatic N) is 2. The number of hydrogen-bond donors (Lipinski definition) is 1. The fourth-order valence-electron chi connectivity index (χ4n) is 3.54. The largest absolute Gasteiger partial charge is 0.391 e. The van der Waals surface area contributed by atoms with E-state index >= 15 is 0 Å². The van der Waals surface area contributed by atoms with Crippen molar-refractivity contribution in [1.82, 2.24) is 9.80 Å². The molecule has 1 N–H and O–H groups in total. The lowest BCUT2D eigenvalue weighted by atomic mass is 9.90. The van der Waals surface area contributed by atoms with E-state index in [-0.39, 0.29) is 6.10 Å². The van der Waals surface area contributed by atoms with Crippen molar-refractivity contribution in [3.8, 4) is 0 Å². The molecule has 0 bridgehead atoms. The molecule has 0 spiro atoms. The molecule has 100 valence electrons. The molecule has 2 fully saturated rings. The van der Waals surface area contributed by atoms with Crippen molar-refractivity contribution in [2.75, 3.05) is 26.7 Å². The minimum Gasteiger partial charge on any atom is -0.391 e. The maximum Gasteiger partial charge on any atom is 0.0695 e. The van der Waals surface area contributed by atoms with Gasteiger partial charge in [0.1, 0.15) is 0 Å². The van der Waals surface area contributed by atoms with E-state index in [0.29, 0.717) is 12.1 Å². The molecule has 1 aliphatic heterocycles. The summed E-state index contributed by atoms with van der Waals surface area (Å²) in [5.74, 6) is 0. The van der Waals surface area contributed by atoms with Gasteiger partial charge >= 0.3 is 0 Å². The molecule has 3 nitrogen and oxygen atoms in total. The van der Waals surface area contributed by atoms with Crippen molar-refractivity contribution < 1.29 is 5.11 Å². The van der Waals surface area contributed by atoms with E-state index in [1.54, 1.807) is 0 Å². The minimum atomic E-state index is -0.0822. The van der Waals surface area contributed by atoms with Crippen LogP contribution in [0.5, 0.6) is 0 Å². The van der Waals surface area contributed by atoms with Crippen LogP contribution in [0.15, 0.2) is 0 Å². The van der Waals surface area contributed by atoms with Crippen LogP contribution in [-0.4, -0.2) is 59.8 Å². The first-order valence-electron chi connectivity index (χ1n) is 7.34. The summed E-state index contributed by atoms with van der Waals surface area (Å²) in [5, 5.41) is 10.2. The molecule has 1 saturated carbocycles. The molecule has 2 aliphatic rings. The van der Waals surface area contributed by atoms with Crippen LogP contribution in [0.3, 0.4) is 0 Å². The van der Waals surface area contributed by atoms with Crippen molar-refractivity contribution in [1.29, 1.82) is 0 Å². The van der Waals surface area contributed by atoms with Gasteiger partial charge in [0.15, 0.2) is 0 Å². The number of hydrogen-bond acceptors (Lipinski definition) is 3. The van der Waals surface area contributed by atoms with Crippen LogP contribution < -0.4 is 0 Å². The third-order valence-electron chi connectivity index (χ3n) is 4.54. The van der Waals surface area contributed by atoms with E-state index in [1.165, 1.54) is 51.7 Å². The maximum atomic E-state index is 10.2. The van der Waals surface area contributed by atoms with Crippen molar-refractivity contribution in [2.24, 2.45) is 0 Å². The van der Waals surface area contributed by atoms with Gasteiger partial charge in [-0.2, -0.15) is 0 Å². The fraction of sp³-hybridized carbons (Fsp3) is 1.00. The van der Waals surface area contributed by atoms with Crippen molar-refractivity contribution in [3.05, 3.63) is 0 Å². The van der Waals surface area contributed by atoms with Crippen molar-refractivity contribution in [3.63, 3.8) is 0 Å². The third-order valence-corrected chi connectivity index (χ3v) is 4.54. The van der Waals surface area contributed by atoms with Crippen LogP contribution in [0.25, 0.3) is 0 Å². The van der Waals surface area contributed by atoms with Gasteiger partial charge in [0.2, 0.25) is 0 Å². The highest BCUT2D eigenvalue weighted by Gasteiger charge is 2.33. The fourth-order valence-corrected chi connectivity index (χ4v) is 3.54. The van der Waals surface area contributed by atoms with Crippen LogP contribution in [-0.2, 0) is 0 Å². The summed E-state index contributed by atoms with van der Waals surface area (Å²) in [5.41, 5.74) is 0. The van der Waals surface area contributed by atoms with E-state index in [0.717, 1.165) is 6.42 Å². The summed E-state index contributed by atoms with van der Waals surface area (Å²) in [7, 11) is 2.23. The molecule has 1 heterocycles. The molecule has 3 atom stereocenters. The lowest BCUT2D eigenvalue weighted by Gasteiger charge is -2.41. The Morgan fingerprint density at radius 1 is 1.12 bits per heavy atom. The smallest absolute Gasteiger partial charge is 0.0695 e. The number of likely N-dealkylation sites (N-methyl/N-ethyl adjacent to an activating group) is 1. The zero-order valence-electron chi connectivity index (χ0n) is 11.4. The Kier molecular flexibility index (Phi) is 4.83. The second-order valence-electron chi connectivity index (χ2n) is 5.83. The highest BCUT2D eigenvalue weighted by atomic mass is 16.3. The van der Waals surface area contributed by atoms with E-state index < -0.39 is 0 Å². The van der Waals surface area contributed by atoms with E-state index in [2.05, 4.69) is 23.8 Å². The molecule has 1 saturated heterocycles. The average molecular weight is 240 g/mol. The Balaban J connectivity index is 2.04.